The van der Waals surface area contributed by atoms with Gasteiger partial charge in [-0.1, -0.05) is 41.0 Å². The average molecular weight is 397 g/mol. The third kappa shape index (κ3) is 3.89. The number of benzene rings is 2. The SMILES string of the molecule is O=C(NCc1nc(C2CC(=O)N(c3cccc(Cl)c3)C2)no1)c1ccccc1. The summed E-state index contributed by atoms with van der Waals surface area (Å²) in [6.07, 6.45) is 0.294. The summed E-state index contributed by atoms with van der Waals surface area (Å²) in [6.45, 7) is 0.577. The van der Waals surface area contributed by atoms with Crippen molar-refractivity contribution in [2.75, 3.05) is 11.4 Å². The molecule has 2 heterocycles. The highest BCUT2D eigenvalue weighted by molar-refractivity contribution is 6.30. The van der Waals surface area contributed by atoms with Gasteiger partial charge in [-0.2, -0.15) is 4.98 Å². The third-order valence-electron chi connectivity index (χ3n) is 4.53. The first kappa shape index (κ1) is 18.2. The molecule has 142 valence electrons. The highest BCUT2D eigenvalue weighted by Gasteiger charge is 2.34. The molecule has 1 aliphatic heterocycles. The van der Waals surface area contributed by atoms with Crippen LogP contribution in [0.2, 0.25) is 5.02 Å². The molecule has 7 nitrogen and oxygen atoms in total. The molecule has 28 heavy (non-hydrogen) atoms. The molecule has 0 aliphatic carbocycles. The van der Waals surface area contributed by atoms with Crippen molar-refractivity contribution >= 4 is 29.1 Å². The van der Waals surface area contributed by atoms with Crippen LogP contribution in [0.25, 0.3) is 0 Å². The van der Waals surface area contributed by atoms with Crippen LogP contribution in [0, 0.1) is 0 Å². The van der Waals surface area contributed by atoms with E-state index in [0.717, 1.165) is 5.69 Å². The van der Waals surface area contributed by atoms with Crippen molar-refractivity contribution in [3.63, 3.8) is 0 Å². The molecule has 0 radical (unpaired) electrons. The van der Waals surface area contributed by atoms with Crippen molar-refractivity contribution in [1.29, 1.82) is 0 Å². The highest BCUT2D eigenvalue weighted by Crippen LogP contribution is 2.31. The maximum absolute atomic E-state index is 12.4. The molecule has 1 aromatic heterocycles. The van der Waals surface area contributed by atoms with Crippen molar-refractivity contribution in [1.82, 2.24) is 15.5 Å². The molecule has 8 heteroatoms. The Bertz CT molecular complexity index is 1010. The van der Waals surface area contributed by atoms with Gasteiger partial charge in [0.05, 0.1) is 6.54 Å². The Balaban J connectivity index is 1.39. The lowest BCUT2D eigenvalue weighted by Crippen LogP contribution is -2.24. The van der Waals surface area contributed by atoms with Crippen LogP contribution in [0.15, 0.2) is 59.1 Å². The predicted octanol–water partition coefficient (Wildman–Crippen LogP) is 3.17. The number of hydrogen-bond donors (Lipinski definition) is 1. The molecule has 1 aliphatic rings. The molecule has 1 atom stereocenters. The van der Waals surface area contributed by atoms with Crippen molar-refractivity contribution in [2.45, 2.75) is 18.9 Å². The van der Waals surface area contributed by atoms with Gasteiger partial charge in [0.15, 0.2) is 5.82 Å². The molecule has 3 aromatic rings. The Hall–Kier alpha value is -3.19. The van der Waals surface area contributed by atoms with E-state index < -0.39 is 0 Å². The number of halogens is 1. The van der Waals surface area contributed by atoms with Gasteiger partial charge < -0.3 is 14.7 Å². The van der Waals surface area contributed by atoms with Crippen LogP contribution in [0.3, 0.4) is 0 Å². The molecule has 1 N–H and O–H groups in total. The van der Waals surface area contributed by atoms with Gasteiger partial charge in [0.25, 0.3) is 5.91 Å². The second kappa shape index (κ2) is 7.82. The maximum Gasteiger partial charge on any atom is 0.251 e. The first-order valence-corrected chi connectivity index (χ1v) is 9.19. The monoisotopic (exact) mass is 396 g/mol. The van der Waals surface area contributed by atoms with Gasteiger partial charge in [-0.15, -0.1) is 0 Å². The molecular formula is C20H17ClN4O3. The second-order valence-electron chi connectivity index (χ2n) is 6.48. The summed E-state index contributed by atoms with van der Waals surface area (Å²) >= 11 is 6.02. The predicted molar refractivity (Wildman–Crippen MR) is 103 cm³/mol. The quantitative estimate of drug-likeness (QED) is 0.715. The topological polar surface area (TPSA) is 88.3 Å². The summed E-state index contributed by atoms with van der Waals surface area (Å²) in [5, 5.41) is 7.30. The molecule has 2 aromatic carbocycles. The Morgan fingerprint density at radius 1 is 1.21 bits per heavy atom. The van der Waals surface area contributed by atoms with Crippen LogP contribution in [-0.2, 0) is 11.3 Å². The molecule has 1 fully saturated rings. The lowest BCUT2D eigenvalue weighted by molar-refractivity contribution is -0.117. The van der Waals surface area contributed by atoms with Gasteiger partial charge in [0, 0.05) is 35.2 Å². The number of hydrogen-bond acceptors (Lipinski definition) is 5. The zero-order valence-electron chi connectivity index (χ0n) is 14.8. The number of carbonyl (C=O) groups excluding carboxylic acids is 2. The van der Waals surface area contributed by atoms with Crippen LogP contribution in [0.4, 0.5) is 5.69 Å². The van der Waals surface area contributed by atoms with E-state index in [1.165, 1.54) is 0 Å². The number of rotatable bonds is 5. The number of aromatic nitrogens is 2. The fraction of sp³-hybridized carbons (Fsp3) is 0.200. The van der Waals surface area contributed by atoms with Gasteiger partial charge in [-0.25, -0.2) is 0 Å². The summed E-state index contributed by atoms with van der Waals surface area (Å²) in [6, 6.07) is 16.0. The Morgan fingerprint density at radius 2 is 2.04 bits per heavy atom. The number of anilines is 1. The van der Waals surface area contributed by atoms with Gasteiger partial charge >= 0.3 is 0 Å². The zero-order chi connectivity index (χ0) is 19.5. The zero-order valence-corrected chi connectivity index (χ0v) is 15.6. The van der Waals surface area contributed by atoms with E-state index in [1.54, 1.807) is 47.4 Å². The van der Waals surface area contributed by atoms with Crippen LogP contribution in [0.5, 0.6) is 0 Å². The highest BCUT2D eigenvalue weighted by atomic mass is 35.5. The van der Waals surface area contributed by atoms with E-state index in [2.05, 4.69) is 15.5 Å². The first-order valence-electron chi connectivity index (χ1n) is 8.82. The molecule has 2 amide bonds. The standard InChI is InChI=1S/C20H17ClN4O3/c21-15-7-4-8-16(10-15)25-12-14(9-18(25)26)19-23-17(28-24-19)11-22-20(27)13-5-2-1-3-6-13/h1-8,10,14H,9,11-12H2,(H,22,27). The summed E-state index contributed by atoms with van der Waals surface area (Å²) in [5.41, 5.74) is 1.31. The fourth-order valence-electron chi connectivity index (χ4n) is 3.13. The van der Waals surface area contributed by atoms with E-state index in [9.17, 15) is 9.59 Å². The Morgan fingerprint density at radius 3 is 2.82 bits per heavy atom. The molecular weight excluding hydrogens is 380 g/mol. The summed E-state index contributed by atoms with van der Waals surface area (Å²) in [4.78, 5) is 30.5. The molecule has 0 bridgehead atoms. The lowest BCUT2D eigenvalue weighted by atomic mass is 10.1. The van der Waals surface area contributed by atoms with Crippen LogP contribution >= 0.6 is 11.6 Å². The normalized spacial score (nSPS) is 16.4. The van der Waals surface area contributed by atoms with E-state index in [1.807, 2.05) is 12.1 Å². The number of nitrogens with zero attached hydrogens (tertiary/aromatic N) is 3. The van der Waals surface area contributed by atoms with Crippen molar-refractivity contribution < 1.29 is 14.1 Å². The first-order chi connectivity index (χ1) is 13.6. The number of nitrogens with one attached hydrogen (secondary N) is 1. The maximum atomic E-state index is 12.4. The van der Waals surface area contributed by atoms with Gasteiger partial charge in [-0.05, 0) is 30.3 Å². The number of carbonyl (C=O) groups is 2. The molecule has 1 unspecified atom stereocenters. The summed E-state index contributed by atoms with van der Waals surface area (Å²) < 4.78 is 5.23. The Kier molecular flexibility index (Phi) is 5.08. The van der Waals surface area contributed by atoms with Crippen molar-refractivity contribution in [2.24, 2.45) is 0 Å². The molecule has 4 rings (SSSR count). The summed E-state index contributed by atoms with van der Waals surface area (Å²) in [7, 11) is 0. The van der Waals surface area contributed by atoms with Crippen LogP contribution in [0.1, 0.15) is 34.4 Å². The lowest BCUT2D eigenvalue weighted by Gasteiger charge is -2.16. The van der Waals surface area contributed by atoms with E-state index in [4.69, 9.17) is 16.1 Å². The summed E-state index contributed by atoms with van der Waals surface area (Å²) in [5.74, 6) is 0.350. The van der Waals surface area contributed by atoms with E-state index in [0.29, 0.717) is 35.3 Å². The minimum atomic E-state index is -0.219. The van der Waals surface area contributed by atoms with E-state index >= 15 is 0 Å². The largest absolute Gasteiger partial charge is 0.343 e. The van der Waals surface area contributed by atoms with Crippen LogP contribution < -0.4 is 10.2 Å². The third-order valence-corrected chi connectivity index (χ3v) is 4.77. The van der Waals surface area contributed by atoms with E-state index in [-0.39, 0.29) is 24.3 Å². The molecule has 0 spiro atoms. The minimum absolute atomic E-state index is 0.0176. The van der Waals surface area contributed by atoms with Crippen molar-refractivity contribution in [3.8, 4) is 0 Å². The molecule has 1 saturated heterocycles. The second-order valence-corrected chi connectivity index (χ2v) is 6.92. The Labute approximate surface area is 166 Å². The van der Waals surface area contributed by atoms with Crippen molar-refractivity contribution in [3.05, 3.63) is 76.9 Å². The van der Waals surface area contributed by atoms with Gasteiger partial charge in [-0.3, -0.25) is 9.59 Å². The van der Waals surface area contributed by atoms with Gasteiger partial charge in [0.1, 0.15) is 0 Å². The van der Waals surface area contributed by atoms with Gasteiger partial charge in [0.2, 0.25) is 11.8 Å². The minimum Gasteiger partial charge on any atom is -0.343 e. The fourth-order valence-corrected chi connectivity index (χ4v) is 3.31. The molecule has 0 saturated carbocycles. The smallest absolute Gasteiger partial charge is 0.251 e. The average Bonchev–Trinajstić information content (AvgIpc) is 3.33. The van der Waals surface area contributed by atoms with Crippen LogP contribution in [-0.4, -0.2) is 28.5 Å². The number of amides is 2.